The smallest absolute Gasteiger partial charge is 0.0616 e. The zero-order valence-electron chi connectivity index (χ0n) is 13.4. The number of rotatable bonds is 9. The van der Waals surface area contributed by atoms with Crippen LogP contribution < -0.4 is 5.32 Å². The first-order valence-corrected chi connectivity index (χ1v) is 8.11. The summed E-state index contributed by atoms with van der Waals surface area (Å²) in [6.45, 7) is 9.25. The van der Waals surface area contributed by atoms with E-state index in [1.165, 1.54) is 38.6 Å². The molecule has 0 aromatic heterocycles. The third-order valence-electron chi connectivity index (χ3n) is 4.57. The van der Waals surface area contributed by atoms with E-state index >= 15 is 0 Å². The van der Waals surface area contributed by atoms with Crippen molar-refractivity contribution in [2.75, 3.05) is 26.7 Å². The lowest BCUT2D eigenvalue weighted by atomic mass is 9.84. The molecule has 0 amide bonds. The number of nitrogens with zero attached hydrogens (tertiary/aromatic N) is 1. The largest absolute Gasteiger partial charge is 0.394 e. The highest BCUT2D eigenvalue weighted by molar-refractivity contribution is 4.99. The Labute approximate surface area is 119 Å². The molecule has 2 unspecified atom stereocenters. The molecule has 2 N–H and O–H groups in total. The molecule has 3 heteroatoms. The van der Waals surface area contributed by atoms with Crippen LogP contribution in [0.1, 0.15) is 59.3 Å². The molecular formula is C16H34N2O. The van der Waals surface area contributed by atoms with Gasteiger partial charge in [0.05, 0.1) is 6.61 Å². The van der Waals surface area contributed by atoms with Crippen LogP contribution in [-0.4, -0.2) is 48.3 Å². The minimum Gasteiger partial charge on any atom is -0.394 e. The summed E-state index contributed by atoms with van der Waals surface area (Å²) in [5.74, 6) is 0.629. The van der Waals surface area contributed by atoms with Crippen molar-refractivity contribution in [1.82, 2.24) is 10.2 Å². The minimum atomic E-state index is -0.0141. The van der Waals surface area contributed by atoms with Gasteiger partial charge in [0.15, 0.2) is 0 Å². The van der Waals surface area contributed by atoms with Crippen molar-refractivity contribution in [2.24, 2.45) is 5.92 Å². The summed E-state index contributed by atoms with van der Waals surface area (Å²) >= 11 is 0. The Morgan fingerprint density at radius 2 is 2.11 bits per heavy atom. The third kappa shape index (κ3) is 5.05. The lowest BCUT2D eigenvalue weighted by Crippen LogP contribution is -2.54. The van der Waals surface area contributed by atoms with E-state index in [0.29, 0.717) is 12.0 Å². The van der Waals surface area contributed by atoms with Gasteiger partial charge in [-0.15, -0.1) is 0 Å². The van der Waals surface area contributed by atoms with Crippen LogP contribution in [-0.2, 0) is 0 Å². The number of aliphatic hydroxyl groups is 1. The quantitative estimate of drug-likeness (QED) is 0.676. The Morgan fingerprint density at radius 3 is 2.68 bits per heavy atom. The van der Waals surface area contributed by atoms with Gasteiger partial charge in [-0.1, -0.05) is 33.6 Å². The highest BCUT2D eigenvalue weighted by atomic mass is 16.3. The Hall–Kier alpha value is -0.120. The average molecular weight is 270 g/mol. The molecule has 3 nitrogen and oxygen atoms in total. The Bertz CT molecular complexity index is 245. The number of hydrogen-bond acceptors (Lipinski definition) is 3. The fourth-order valence-corrected chi connectivity index (χ4v) is 3.50. The Balaban J connectivity index is 2.46. The van der Waals surface area contributed by atoms with Gasteiger partial charge >= 0.3 is 0 Å². The molecule has 1 fully saturated rings. The third-order valence-corrected chi connectivity index (χ3v) is 4.57. The van der Waals surface area contributed by atoms with Crippen LogP contribution in [0.5, 0.6) is 0 Å². The highest BCUT2D eigenvalue weighted by Crippen LogP contribution is 2.38. The number of nitrogens with one attached hydrogen (secondary N) is 1. The van der Waals surface area contributed by atoms with Gasteiger partial charge in [0.2, 0.25) is 0 Å². The number of unbranched alkanes of at least 4 members (excludes halogenated alkanes) is 1. The van der Waals surface area contributed by atoms with Crippen LogP contribution in [0.2, 0.25) is 0 Å². The molecule has 1 rings (SSSR count). The monoisotopic (exact) mass is 270 g/mol. The predicted molar refractivity (Wildman–Crippen MR) is 82.5 cm³/mol. The SMILES string of the molecule is CCCCN(C)CCC1CCCC1(CO)NC(C)C. The van der Waals surface area contributed by atoms with Crippen LogP contribution in [0, 0.1) is 5.92 Å². The second kappa shape index (κ2) is 8.23. The van der Waals surface area contributed by atoms with Crippen LogP contribution in [0.4, 0.5) is 0 Å². The van der Waals surface area contributed by atoms with Crippen molar-refractivity contribution in [3.63, 3.8) is 0 Å². The fraction of sp³-hybridized carbons (Fsp3) is 1.00. The molecule has 1 aliphatic rings. The summed E-state index contributed by atoms with van der Waals surface area (Å²) in [6, 6.07) is 0.450. The first-order chi connectivity index (χ1) is 9.04. The highest BCUT2D eigenvalue weighted by Gasteiger charge is 2.42. The van der Waals surface area contributed by atoms with Crippen molar-refractivity contribution in [1.29, 1.82) is 0 Å². The second-order valence-electron chi connectivity index (χ2n) is 6.65. The molecule has 0 radical (unpaired) electrons. The molecule has 0 bridgehead atoms. The fourth-order valence-electron chi connectivity index (χ4n) is 3.50. The van der Waals surface area contributed by atoms with Gasteiger partial charge in [-0.3, -0.25) is 0 Å². The summed E-state index contributed by atoms with van der Waals surface area (Å²) in [4.78, 5) is 2.44. The van der Waals surface area contributed by atoms with Crippen LogP contribution in [0.3, 0.4) is 0 Å². The minimum absolute atomic E-state index is 0.0141. The molecule has 0 saturated heterocycles. The normalized spacial score (nSPS) is 27.6. The molecule has 1 aliphatic carbocycles. The van der Waals surface area contributed by atoms with Gasteiger partial charge in [-0.25, -0.2) is 0 Å². The van der Waals surface area contributed by atoms with Gasteiger partial charge in [-0.05, 0) is 51.7 Å². The summed E-state index contributed by atoms with van der Waals surface area (Å²) in [7, 11) is 2.22. The molecule has 0 spiro atoms. The Kier molecular flexibility index (Phi) is 7.33. The zero-order valence-corrected chi connectivity index (χ0v) is 13.4. The maximum absolute atomic E-state index is 9.87. The molecule has 1 saturated carbocycles. The number of hydrogen-bond donors (Lipinski definition) is 2. The van der Waals surface area contributed by atoms with Crippen LogP contribution in [0.25, 0.3) is 0 Å². The van der Waals surface area contributed by atoms with Crippen molar-refractivity contribution in [3.05, 3.63) is 0 Å². The maximum atomic E-state index is 9.87. The predicted octanol–water partition coefficient (Wildman–Crippen LogP) is 2.64. The summed E-state index contributed by atoms with van der Waals surface area (Å²) in [6.07, 6.45) is 7.41. The lowest BCUT2D eigenvalue weighted by Gasteiger charge is -2.37. The van der Waals surface area contributed by atoms with E-state index in [1.54, 1.807) is 0 Å². The van der Waals surface area contributed by atoms with Crippen LogP contribution in [0.15, 0.2) is 0 Å². The van der Waals surface area contributed by atoms with E-state index < -0.39 is 0 Å². The summed E-state index contributed by atoms with van der Waals surface area (Å²) in [5.41, 5.74) is -0.0141. The lowest BCUT2D eigenvalue weighted by molar-refractivity contribution is 0.105. The molecule has 0 aliphatic heterocycles. The topological polar surface area (TPSA) is 35.5 Å². The standard InChI is InChI=1S/C16H34N2O/c1-5-6-11-18(4)12-9-15-8-7-10-16(15,13-19)17-14(2)3/h14-15,17,19H,5-13H2,1-4H3. The van der Waals surface area contributed by atoms with Crippen molar-refractivity contribution in [3.8, 4) is 0 Å². The zero-order chi connectivity index (χ0) is 14.3. The molecule has 0 aromatic carbocycles. The van der Waals surface area contributed by atoms with E-state index in [9.17, 15) is 5.11 Å². The average Bonchev–Trinajstić information content (AvgIpc) is 2.76. The van der Waals surface area contributed by atoms with E-state index in [2.05, 4.69) is 38.0 Å². The second-order valence-corrected chi connectivity index (χ2v) is 6.65. The molecule has 0 heterocycles. The van der Waals surface area contributed by atoms with E-state index in [1.807, 2.05) is 0 Å². The van der Waals surface area contributed by atoms with Gasteiger partial charge in [-0.2, -0.15) is 0 Å². The first-order valence-electron chi connectivity index (χ1n) is 8.11. The molecular weight excluding hydrogens is 236 g/mol. The van der Waals surface area contributed by atoms with E-state index in [4.69, 9.17) is 0 Å². The van der Waals surface area contributed by atoms with Gasteiger partial charge in [0, 0.05) is 11.6 Å². The molecule has 19 heavy (non-hydrogen) atoms. The van der Waals surface area contributed by atoms with E-state index in [0.717, 1.165) is 13.0 Å². The van der Waals surface area contributed by atoms with Gasteiger partial charge < -0.3 is 15.3 Å². The molecule has 2 atom stereocenters. The first kappa shape index (κ1) is 16.9. The molecule has 114 valence electrons. The van der Waals surface area contributed by atoms with E-state index in [-0.39, 0.29) is 12.1 Å². The van der Waals surface area contributed by atoms with Crippen molar-refractivity contribution >= 4 is 0 Å². The number of aliphatic hydroxyl groups excluding tert-OH is 1. The maximum Gasteiger partial charge on any atom is 0.0616 e. The van der Waals surface area contributed by atoms with Gasteiger partial charge in [0.1, 0.15) is 0 Å². The van der Waals surface area contributed by atoms with Gasteiger partial charge in [0.25, 0.3) is 0 Å². The van der Waals surface area contributed by atoms with Crippen molar-refractivity contribution < 1.29 is 5.11 Å². The summed E-state index contributed by atoms with van der Waals surface area (Å²) in [5, 5.41) is 13.5. The van der Waals surface area contributed by atoms with Crippen molar-refractivity contribution in [2.45, 2.75) is 70.9 Å². The summed E-state index contributed by atoms with van der Waals surface area (Å²) < 4.78 is 0. The van der Waals surface area contributed by atoms with Crippen LogP contribution >= 0.6 is 0 Å². The Morgan fingerprint density at radius 1 is 1.37 bits per heavy atom. The molecule has 0 aromatic rings.